The van der Waals surface area contributed by atoms with Gasteiger partial charge in [0, 0.05) is 27.6 Å². The van der Waals surface area contributed by atoms with E-state index in [0.717, 1.165) is 94.2 Å². The summed E-state index contributed by atoms with van der Waals surface area (Å²) in [5.41, 5.74) is 14.7. The van der Waals surface area contributed by atoms with E-state index < -0.39 is 11.6 Å². The van der Waals surface area contributed by atoms with E-state index in [1.165, 1.54) is 12.1 Å². The lowest BCUT2D eigenvalue weighted by molar-refractivity contribution is 0.584. The maximum Gasteiger partial charge on any atom is 0.126 e. The maximum atomic E-state index is 15.2. The predicted molar refractivity (Wildman–Crippen MR) is 267 cm³/mol. The molecule has 2 heterocycles. The number of fused-ring (bicyclic) bond motifs is 6. The van der Waals surface area contributed by atoms with Gasteiger partial charge in [0.2, 0.25) is 0 Å². The number of benzene rings is 10. The monoisotopic (exact) mass is 849 g/mol. The van der Waals surface area contributed by atoms with Crippen molar-refractivity contribution < 1.29 is 8.78 Å². The Morgan fingerprint density at radius 3 is 0.864 bits per heavy atom. The van der Waals surface area contributed by atoms with Crippen LogP contribution in [0.25, 0.3) is 111 Å². The van der Waals surface area contributed by atoms with E-state index in [0.29, 0.717) is 28.1 Å². The number of nitriles is 1. The molecule has 2 aromatic heterocycles. The molecular formula is C61H37F2N3. The second-order valence-corrected chi connectivity index (χ2v) is 16.7. The Labute approximate surface area is 379 Å². The van der Waals surface area contributed by atoms with Crippen LogP contribution in [0.15, 0.2) is 224 Å². The Balaban J connectivity index is 1.19. The summed E-state index contributed by atoms with van der Waals surface area (Å²) < 4.78 is 34.8. The number of hydrogen-bond donors (Lipinski definition) is 0. The van der Waals surface area contributed by atoms with Crippen molar-refractivity contribution in [3.05, 3.63) is 242 Å². The van der Waals surface area contributed by atoms with Crippen LogP contribution in [0.3, 0.4) is 0 Å². The molecule has 0 aliphatic rings. The Bertz CT molecular complexity index is 3450. The Morgan fingerprint density at radius 2 is 0.576 bits per heavy atom. The summed E-state index contributed by atoms with van der Waals surface area (Å²) in [5.74, 6) is -1.37. The third-order valence-corrected chi connectivity index (χ3v) is 12.8. The van der Waals surface area contributed by atoms with E-state index in [-0.39, 0.29) is 0 Å². The summed E-state index contributed by atoms with van der Waals surface area (Å²) in [6, 6.07) is 77.1. The number of halogens is 2. The lowest BCUT2D eigenvalue weighted by Crippen LogP contribution is -2.05. The van der Waals surface area contributed by atoms with Gasteiger partial charge < -0.3 is 9.13 Å². The first-order valence-electron chi connectivity index (χ1n) is 21.9. The molecule has 3 nitrogen and oxygen atoms in total. The number of aromatic nitrogens is 2. The summed E-state index contributed by atoms with van der Waals surface area (Å²) in [5, 5.41) is 15.6. The van der Waals surface area contributed by atoms with Crippen molar-refractivity contribution in [3.63, 3.8) is 0 Å². The van der Waals surface area contributed by atoms with Crippen LogP contribution < -0.4 is 0 Å². The normalized spacial score (nSPS) is 11.5. The molecule has 12 aromatic rings. The molecule has 0 spiro atoms. The van der Waals surface area contributed by atoms with Gasteiger partial charge in [-0.1, -0.05) is 146 Å². The largest absolute Gasteiger partial charge is 0.308 e. The predicted octanol–water partition coefficient (Wildman–Crippen LogP) is 16.4. The van der Waals surface area contributed by atoms with Gasteiger partial charge in [0.15, 0.2) is 0 Å². The van der Waals surface area contributed by atoms with Crippen LogP contribution in [0.2, 0.25) is 0 Å². The highest BCUT2D eigenvalue weighted by Crippen LogP contribution is 2.43. The molecule has 0 amide bonds. The summed E-state index contributed by atoms with van der Waals surface area (Å²) >= 11 is 0. The van der Waals surface area contributed by atoms with E-state index in [4.69, 9.17) is 0 Å². The van der Waals surface area contributed by atoms with Crippen molar-refractivity contribution in [2.24, 2.45) is 0 Å². The third kappa shape index (κ3) is 6.55. The molecule has 66 heavy (non-hydrogen) atoms. The number of rotatable bonds is 7. The van der Waals surface area contributed by atoms with Gasteiger partial charge in [0.05, 0.1) is 33.4 Å². The zero-order chi connectivity index (χ0) is 44.3. The fourth-order valence-electron chi connectivity index (χ4n) is 9.77. The lowest BCUT2D eigenvalue weighted by atomic mass is 9.99. The van der Waals surface area contributed by atoms with Crippen molar-refractivity contribution in [3.8, 4) is 73.1 Å². The molecule has 310 valence electrons. The average molecular weight is 850 g/mol. The smallest absolute Gasteiger partial charge is 0.126 e. The van der Waals surface area contributed by atoms with E-state index in [2.05, 4.69) is 137 Å². The minimum Gasteiger partial charge on any atom is -0.308 e. The van der Waals surface area contributed by atoms with Gasteiger partial charge in [0.1, 0.15) is 23.3 Å². The topological polar surface area (TPSA) is 33.6 Å². The summed E-state index contributed by atoms with van der Waals surface area (Å²) in [6.45, 7) is 0. The molecule has 5 heteroatoms. The van der Waals surface area contributed by atoms with Gasteiger partial charge in [-0.15, -0.1) is 0 Å². The number of hydrogen-bond acceptors (Lipinski definition) is 1. The van der Waals surface area contributed by atoms with Gasteiger partial charge in [0.25, 0.3) is 0 Å². The summed E-state index contributed by atoms with van der Waals surface area (Å²) in [7, 11) is 0. The minimum atomic E-state index is -0.685. The van der Waals surface area contributed by atoms with Gasteiger partial charge in [-0.2, -0.15) is 5.26 Å². The van der Waals surface area contributed by atoms with Crippen LogP contribution in [0.1, 0.15) is 5.56 Å². The fourth-order valence-corrected chi connectivity index (χ4v) is 9.77. The Hall–Kier alpha value is -8.85. The Morgan fingerprint density at radius 1 is 0.288 bits per heavy atom. The average Bonchev–Trinajstić information content (AvgIpc) is 3.87. The van der Waals surface area contributed by atoms with Crippen LogP contribution in [-0.4, -0.2) is 9.13 Å². The van der Waals surface area contributed by atoms with Crippen LogP contribution >= 0.6 is 0 Å². The molecule has 0 N–H and O–H groups in total. The fraction of sp³-hybridized carbons (Fsp3) is 0. The molecule has 0 aliphatic heterocycles. The van der Waals surface area contributed by atoms with Crippen molar-refractivity contribution in [2.45, 2.75) is 0 Å². The van der Waals surface area contributed by atoms with E-state index in [1.807, 2.05) is 84.9 Å². The standard InChI is InChI=1S/C61H37F2N3/c62-49-29-47(30-50(63)37-49)48-35-60(65-56-25-21-43(39-13-5-1-6-14-39)31-51(56)52-32-44(22-26-57(52)65)40-15-7-2-8-16-40)55(38-64)61(36-48)66-58-27-23-45(41-17-9-3-10-18-41)33-53(58)54-34-46(24-28-59(54)66)42-19-11-4-12-20-42/h1-37H. The van der Waals surface area contributed by atoms with Crippen molar-refractivity contribution in [1.82, 2.24) is 9.13 Å². The van der Waals surface area contributed by atoms with Crippen molar-refractivity contribution >= 4 is 43.6 Å². The van der Waals surface area contributed by atoms with Crippen LogP contribution in [0, 0.1) is 23.0 Å². The first-order valence-corrected chi connectivity index (χ1v) is 21.9. The van der Waals surface area contributed by atoms with Crippen LogP contribution in [0.4, 0.5) is 8.78 Å². The molecule has 0 fully saturated rings. The molecule has 0 unspecified atom stereocenters. The maximum absolute atomic E-state index is 15.2. The van der Waals surface area contributed by atoms with Crippen LogP contribution in [-0.2, 0) is 0 Å². The molecule has 10 aromatic carbocycles. The molecule has 0 atom stereocenters. The number of nitrogens with zero attached hydrogens (tertiary/aromatic N) is 3. The van der Waals surface area contributed by atoms with E-state index >= 15 is 8.78 Å². The van der Waals surface area contributed by atoms with Gasteiger partial charge >= 0.3 is 0 Å². The first-order chi connectivity index (χ1) is 32.5. The minimum absolute atomic E-state index is 0.358. The zero-order valence-electron chi connectivity index (χ0n) is 35.5. The van der Waals surface area contributed by atoms with Crippen molar-refractivity contribution in [2.75, 3.05) is 0 Å². The van der Waals surface area contributed by atoms with Crippen molar-refractivity contribution in [1.29, 1.82) is 5.26 Å². The molecule has 0 aliphatic carbocycles. The Kier molecular flexibility index (Phi) is 9.25. The van der Waals surface area contributed by atoms with Crippen LogP contribution in [0.5, 0.6) is 0 Å². The van der Waals surface area contributed by atoms with E-state index in [1.54, 1.807) is 0 Å². The quantitative estimate of drug-likeness (QED) is 0.157. The van der Waals surface area contributed by atoms with Gasteiger partial charge in [-0.3, -0.25) is 0 Å². The first kappa shape index (κ1) is 38.8. The molecular weight excluding hydrogens is 813 g/mol. The highest BCUT2D eigenvalue weighted by Gasteiger charge is 2.24. The molecule has 12 rings (SSSR count). The summed E-state index contributed by atoms with van der Waals surface area (Å²) in [6.07, 6.45) is 0. The molecule has 0 saturated carbocycles. The van der Waals surface area contributed by atoms with E-state index in [9.17, 15) is 5.26 Å². The highest BCUT2D eigenvalue weighted by molar-refractivity contribution is 6.14. The van der Waals surface area contributed by atoms with Gasteiger partial charge in [-0.25, -0.2) is 8.78 Å². The summed E-state index contributed by atoms with van der Waals surface area (Å²) in [4.78, 5) is 0. The lowest BCUT2D eigenvalue weighted by Gasteiger charge is -2.19. The molecule has 0 saturated heterocycles. The second kappa shape index (κ2) is 15.7. The second-order valence-electron chi connectivity index (χ2n) is 16.7. The highest BCUT2D eigenvalue weighted by atomic mass is 19.1. The molecule has 0 bridgehead atoms. The zero-order valence-corrected chi connectivity index (χ0v) is 35.5. The third-order valence-electron chi connectivity index (χ3n) is 12.8. The van der Waals surface area contributed by atoms with Gasteiger partial charge in [-0.05, 0) is 128 Å². The SMILES string of the molecule is N#Cc1c(-n2c3ccc(-c4ccccc4)cc3c3cc(-c4ccccc4)ccc32)cc(-c2cc(F)cc(F)c2)cc1-n1c2ccc(-c3ccccc3)cc2c2cc(-c3ccccc3)ccc21. The molecule has 0 radical (unpaired) electrons.